The molecular weight excluding hydrogens is 505 g/mol. The van der Waals surface area contributed by atoms with Crippen LogP contribution in [0.5, 0.6) is 5.75 Å². The monoisotopic (exact) mass is 534 g/mol. The number of hydrogen-bond acceptors (Lipinski definition) is 7. The van der Waals surface area contributed by atoms with Crippen molar-refractivity contribution in [3.8, 4) is 5.75 Å². The van der Waals surface area contributed by atoms with Crippen molar-refractivity contribution in [1.82, 2.24) is 4.90 Å². The van der Waals surface area contributed by atoms with Gasteiger partial charge in [-0.2, -0.15) is 18.0 Å². The van der Waals surface area contributed by atoms with E-state index >= 15 is 0 Å². The number of carbonyl (C=O) groups is 1. The molecule has 1 N–H and O–H groups in total. The largest absolute Gasteiger partial charge is 1.00 e. The summed E-state index contributed by atoms with van der Waals surface area (Å²) in [5, 5.41) is 11.1. The first-order valence-corrected chi connectivity index (χ1v) is 11.2. The molecule has 0 bridgehead atoms. The summed E-state index contributed by atoms with van der Waals surface area (Å²) in [6, 6.07) is 6.19. The Hall–Kier alpha value is 1.42. The summed E-state index contributed by atoms with van der Waals surface area (Å²) in [5.74, 6) is 2.54. The molecule has 0 amide bonds. The van der Waals surface area contributed by atoms with Gasteiger partial charge in [-0.15, -0.1) is 11.8 Å². The van der Waals surface area contributed by atoms with E-state index in [1.165, 1.54) is 6.92 Å². The molecule has 0 fully saturated rings. The second-order valence-corrected chi connectivity index (χ2v) is 7.36. The number of aromatic hydroxyl groups is 1. The Bertz CT molecular complexity index is 545. The first-order chi connectivity index (χ1) is 12.0. The van der Waals surface area contributed by atoms with Gasteiger partial charge in [0.15, 0.2) is 0 Å². The molecular formula is C18H29CsN2O2S3. The van der Waals surface area contributed by atoms with Crippen molar-refractivity contribution < 1.29 is 78.8 Å². The van der Waals surface area contributed by atoms with Crippen molar-refractivity contribution in [2.75, 3.05) is 44.2 Å². The zero-order chi connectivity index (χ0) is 19.2. The van der Waals surface area contributed by atoms with E-state index in [0.29, 0.717) is 11.8 Å². The molecule has 1 aliphatic heterocycles. The van der Waals surface area contributed by atoms with E-state index in [-0.39, 0.29) is 68.9 Å². The summed E-state index contributed by atoms with van der Waals surface area (Å²) >= 11 is 7.71. The molecule has 26 heavy (non-hydrogen) atoms. The van der Waals surface area contributed by atoms with Crippen LogP contribution >= 0.6 is 23.5 Å². The van der Waals surface area contributed by atoms with Crippen molar-refractivity contribution in [3.05, 3.63) is 29.3 Å². The summed E-state index contributed by atoms with van der Waals surface area (Å²) in [6.45, 7) is 5.46. The minimum atomic E-state index is 0. The number of para-hydroxylation sites is 1. The van der Waals surface area contributed by atoms with E-state index in [1.807, 2.05) is 36.9 Å². The van der Waals surface area contributed by atoms with Gasteiger partial charge in [0.1, 0.15) is 17.1 Å². The summed E-state index contributed by atoms with van der Waals surface area (Å²) in [5.41, 5.74) is 1.79. The molecule has 1 aromatic carbocycles. The maximum Gasteiger partial charge on any atom is 1.00 e. The summed E-state index contributed by atoms with van der Waals surface area (Å²) < 4.78 is 0. The van der Waals surface area contributed by atoms with Crippen molar-refractivity contribution in [1.29, 1.82) is 0 Å². The normalized spacial score (nSPS) is 15.0. The Balaban J connectivity index is 0. The SMILES string of the molecule is CC=O.CSCCN(C)C[C@@H]1CSC(c2cccc(C)c2O)=N1.C[S-].[Cs+]. The van der Waals surface area contributed by atoms with Gasteiger partial charge >= 0.3 is 68.9 Å². The second-order valence-electron chi connectivity index (χ2n) is 5.36. The van der Waals surface area contributed by atoms with Crippen LogP contribution in [0.15, 0.2) is 23.2 Å². The third-order valence-corrected chi connectivity index (χ3v) is 5.12. The Morgan fingerprint density at radius 2 is 2.08 bits per heavy atom. The third-order valence-electron chi connectivity index (χ3n) is 3.38. The number of hydrogen-bond donors (Lipinski definition) is 1. The zero-order valence-electron chi connectivity index (χ0n) is 16.7. The van der Waals surface area contributed by atoms with E-state index in [4.69, 9.17) is 9.79 Å². The predicted molar refractivity (Wildman–Crippen MR) is 117 cm³/mol. The fourth-order valence-electron chi connectivity index (χ4n) is 2.19. The van der Waals surface area contributed by atoms with E-state index in [2.05, 4.69) is 30.8 Å². The van der Waals surface area contributed by atoms with Crippen LogP contribution in [0.2, 0.25) is 0 Å². The number of carbonyl (C=O) groups excluding carboxylic acids is 1. The van der Waals surface area contributed by atoms with Crippen LogP contribution in [0.3, 0.4) is 0 Å². The van der Waals surface area contributed by atoms with Crippen molar-refractivity contribution in [2.24, 2.45) is 4.99 Å². The van der Waals surface area contributed by atoms with Crippen LogP contribution in [0.4, 0.5) is 0 Å². The summed E-state index contributed by atoms with van der Waals surface area (Å²) in [4.78, 5) is 15.9. The van der Waals surface area contributed by atoms with E-state index in [1.54, 1.807) is 18.0 Å². The number of aliphatic imine (C=N–C) groups is 1. The molecule has 0 aromatic heterocycles. The number of aryl methyl sites for hydroxylation is 1. The second kappa shape index (κ2) is 18.5. The smallest absolute Gasteiger partial charge is 0.796 e. The zero-order valence-corrected chi connectivity index (χ0v) is 25.4. The van der Waals surface area contributed by atoms with Gasteiger partial charge in [-0.3, -0.25) is 4.99 Å². The third kappa shape index (κ3) is 11.4. The molecule has 0 unspecified atom stereocenters. The molecule has 1 aliphatic rings. The number of rotatable bonds is 6. The van der Waals surface area contributed by atoms with E-state index in [9.17, 15) is 5.11 Å². The molecule has 0 saturated carbocycles. The number of phenolic OH excluding ortho intramolecular Hbond substituents is 1. The quantitative estimate of drug-likeness (QED) is 0.417. The van der Waals surface area contributed by atoms with Gasteiger partial charge in [-0.25, -0.2) is 0 Å². The maximum absolute atomic E-state index is 10.1. The number of aldehydes is 1. The van der Waals surface area contributed by atoms with Crippen LogP contribution in [-0.4, -0.2) is 71.5 Å². The van der Waals surface area contributed by atoms with Gasteiger partial charge in [0.2, 0.25) is 0 Å². The van der Waals surface area contributed by atoms with Crippen molar-refractivity contribution in [3.63, 3.8) is 0 Å². The molecule has 4 nitrogen and oxygen atoms in total. The fourth-order valence-corrected chi connectivity index (χ4v) is 3.75. The topological polar surface area (TPSA) is 52.9 Å². The van der Waals surface area contributed by atoms with Gasteiger partial charge in [0.25, 0.3) is 0 Å². The summed E-state index contributed by atoms with van der Waals surface area (Å²) in [6.07, 6.45) is 4.47. The maximum atomic E-state index is 10.1. The Labute approximate surface area is 231 Å². The number of benzene rings is 1. The van der Waals surface area contributed by atoms with Crippen molar-refractivity contribution >= 4 is 47.5 Å². The van der Waals surface area contributed by atoms with E-state index in [0.717, 1.165) is 47.1 Å². The number of thioether (sulfide) groups is 2. The molecule has 1 aromatic rings. The molecule has 2 rings (SSSR count). The first kappa shape index (κ1) is 29.6. The van der Waals surface area contributed by atoms with Crippen molar-refractivity contribution in [2.45, 2.75) is 19.9 Å². The Morgan fingerprint density at radius 3 is 2.65 bits per heavy atom. The van der Waals surface area contributed by atoms with Gasteiger partial charge < -0.3 is 27.4 Å². The first-order valence-electron chi connectivity index (χ1n) is 8.01. The molecule has 0 spiro atoms. The molecule has 0 saturated heterocycles. The molecule has 1 atom stereocenters. The van der Waals surface area contributed by atoms with Crippen LogP contribution < -0.4 is 68.9 Å². The summed E-state index contributed by atoms with van der Waals surface area (Å²) in [7, 11) is 2.15. The average Bonchev–Trinajstić information content (AvgIpc) is 3.06. The van der Waals surface area contributed by atoms with Gasteiger partial charge in [-0.1, -0.05) is 12.1 Å². The van der Waals surface area contributed by atoms with Crippen LogP contribution in [0, 0.1) is 6.92 Å². The molecule has 0 radical (unpaired) electrons. The fraction of sp³-hybridized carbons (Fsp3) is 0.556. The van der Waals surface area contributed by atoms with Crippen LogP contribution in [-0.2, 0) is 17.4 Å². The van der Waals surface area contributed by atoms with Gasteiger partial charge in [0, 0.05) is 30.2 Å². The molecule has 0 aliphatic carbocycles. The molecule has 8 heteroatoms. The van der Waals surface area contributed by atoms with Gasteiger partial charge in [-0.05, 0) is 38.8 Å². The Morgan fingerprint density at radius 1 is 1.46 bits per heavy atom. The Kier molecular flexibility index (Phi) is 21.0. The van der Waals surface area contributed by atoms with Crippen LogP contribution in [0.25, 0.3) is 0 Å². The standard InChI is InChI=1S/C15H22N2OS2.C2H4O.CH4S.Cs/c1-11-5-4-6-13(14(11)18)15-16-12(10-20-15)9-17(2)7-8-19-3;1-2-3;1-2;/h4-6,12,18H,7-10H2,1-3H3;2H,1H3;2H,1H3;/q;;;+1/p-1/t12-;;;/m1.../s1. The molecule has 1 heterocycles. The number of likely N-dealkylation sites (N-methyl/N-ethyl adjacent to an activating group) is 1. The van der Waals surface area contributed by atoms with Crippen LogP contribution in [0.1, 0.15) is 18.1 Å². The predicted octanol–water partition coefficient (Wildman–Crippen LogP) is 0.230. The minimum absolute atomic E-state index is 0. The van der Waals surface area contributed by atoms with E-state index < -0.39 is 0 Å². The number of phenols is 1. The minimum Gasteiger partial charge on any atom is -0.796 e. The molecule has 142 valence electrons. The number of nitrogens with zero attached hydrogens (tertiary/aromatic N) is 2. The van der Waals surface area contributed by atoms with Gasteiger partial charge in [0.05, 0.1) is 6.04 Å². The average molecular weight is 535 g/mol.